The molecule has 120 valence electrons. The first-order valence-electron chi connectivity index (χ1n) is 8.72. The van der Waals surface area contributed by atoms with Crippen molar-refractivity contribution in [2.45, 2.75) is 44.9 Å². The number of hydrogen-bond donors (Lipinski definition) is 1. The number of nitrogens with zero attached hydrogens (tertiary/aromatic N) is 1. The highest BCUT2D eigenvalue weighted by Crippen LogP contribution is 2.48. The molecule has 0 unspecified atom stereocenters. The van der Waals surface area contributed by atoms with Crippen molar-refractivity contribution in [3.05, 3.63) is 35.4 Å². The lowest BCUT2D eigenvalue weighted by molar-refractivity contribution is -0.123. The molecule has 2 fully saturated rings. The molecule has 22 heavy (non-hydrogen) atoms. The molecule has 3 rings (SSSR count). The van der Waals surface area contributed by atoms with Crippen molar-refractivity contribution in [1.29, 1.82) is 0 Å². The van der Waals surface area contributed by atoms with E-state index in [1.54, 1.807) is 0 Å². The molecule has 1 saturated carbocycles. The van der Waals surface area contributed by atoms with Crippen LogP contribution in [-0.2, 0) is 10.2 Å². The fraction of sp³-hybridized carbons (Fsp3) is 0.632. The third-order valence-electron chi connectivity index (χ3n) is 5.22. The number of carbonyl (C=O) groups excluding carboxylic acids is 1. The van der Waals surface area contributed by atoms with Crippen LogP contribution < -0.4 is 5.32 Å². The SMILES string of the molecule is CCCN1CC[C@@H](CNC(=O)C2(c3cccc(C)c3)CC2)C1. The van der Waals surface area contributed by atoms with E-state index in [0.29, 0.717) is 5.92 Å². The molecule has 0 radical (unpaired) electrons. The normalized spacial score (nSPS) is 23.5. The van der Waals surface area contributed by atoms with Gasteiger partial charge in [0.15, 0.2) is 0 Å². The van der Waals surface area contributed by atoms with Gasteiger partial charge in [-0.05, 0) is 57.2 Å². The number of likely N-dealkylation sites (tertiary alicyclic amines) is 1. The maximum atomic E-state index is 12.7. The molecular formula is C19H28N2O. The van der Waals surface area contributed by atoms with E-state index in [2.05, 4.69) is 48.3 Å². The van der Waals surface area contributed by atoms with E-state index in [9.17, 15) is 4.79 Å². The Morgan fingerprint density at radius 3 is 2.91 bits per heavy atom. The van der Waals surface area contributed by atoms with E-state index in [-0.39, 0.29) is 11.3 Å². The summed E-state index contributed by atoms with van der Waals surface area (Å²) >= 11 is 0. The first-order chi connectivity index (χ1) is 10.6. The van der Waals surface area contributed by atoms with E-state index >= 15 is 0 Å². The summed E-state index contributed by atoms with van der Waals surface area (Å²) in [7, 11) is 0. The highest BCUT2D eigenvalue weighted by atomic mass is 16.2. The van der Waals surface area contributed by atoms with Gasteiger partial charge in [0, 0.05) is 13.1 Å². The van der Waals surface area contributed by atoms with Crippen molar-refractivity contribution in [1.82, 2.24) is 10.2 Å². The zero-order chi connectivity index (χ0) is 15.6. The van der Waals surface area contributed by atoms with Crippen molar-refractivity contribution in [3.63, 3.8) is 0 Å². The summed E-state index contributed by atoms with van der Waals surface area (Å²) in [4.78, 5) is 15.2. The van der Waals surface area contributed by atoms with E-state index in [1.165, 1.54) is 37.1 Å². The highest BCUT2D eigenvalue weighted by Gasteiger charge is 2.51. The van der Waals surface area contributed by atoms with Crippen LogP contribution >= 0.6 is 0 Å². The number of nitrogens with one attached hydrogen (secondary N) is 1. The Morgan fingerprint density at radius 2 is 2.23 bits per heavy atom. The minimum Gasteiger partial charge on any atom is -0.355 e. The summed E-state index contributed by atoms with van der Waals surface area (Å²) in [5.41, 5.74) is 2.21. The molecule has 0 bridgehead atoms. The van der Waals surface area contributed by atoms with Gasteiger partial charge in [0.25, 0.3) is 0 Å². The third-order valence-corrected chi connectivity index (χ3v) is 5.22. The average molecular weight is 300 g/mol. The van der Waals surface area contributed by atoms with Crippen LogP contribution in [0.1, 0.15) is 43.7 Å². The minimum absolute atomic E-state index is 0.228. The van der Waals surface area contributed by atoms with Crippen molar-refractivity contribution >= 4 is 5.91 Å². The van der Waals surface area contributed by atoms with Gasteiger partial charge >= 0.3 is 0 Å². The van der Waals surface area contributed by atoms with Crippen LogP contribution in [0, 0.1) is 12.8 Å². The van der Waals surface area contributed by atoms with Gasteiger partial charge in [0.1, 0.15) is 0 Å². The minimum atomic E-state index is -0.228. The number of amides is 1. The summed E-state index contributed by atoms with van der Waals surface area (Å²) in [5, 5.41) is 3.24. The molecule has 1 saturated heterocycles. The molecule has 1 aromatic rings. The van der Waals surface area contributed by atoms with E-state index in [0.717, 1.165) is 25.9 Å². The second kappa shape index (κ2) is 6.41. The molecule has 1 amide bonds. The topological polar surface area (TPSA) is 32.3 Å². The van der Waals surface area contributed by atoms with Crippen molar-refractivity contribution < 1.29 is 4.79 Å². The molecule has 2 aliphatic rings. The van der Waals surface area contributed by atoms with Gasteiger partial charge in [-0.2, -0.15) is 0 Å². The number of carbonyl (C=O) groups is 1. The molecule has 1 N–H and O–H groups in total. The number of rotatable bonds is 6. The van der Waals surface area contributed by atoms with Crippen LogP contribution in [0.4, 0.5) is 0 Å². The summed E-state index contributed by atoms with van der Waals surface area (Å²) in [6, 6.07) is 8.44. The Balaban J connectivity index is 1.54. The predicted molar refractivity (Wildman–Crippen MR) is 89.9 cm³/mol. The van der Waals surface area contributed by atoms with Gasteiger partial charge in [0.2, 0.25) is 5.91 Å². The first kappa shape index (κ1) is 15.5. The van der Waals surface area contributed by atoms with Gasteiger partial charge in [-0.25, -0.2) is 0 Å². The van der Waals surface area contributed by atoms with Crippen LogP contribution in [0.5, 0.6) is 0 Å². The Hall–Kier alpha value is -1.35. The molecule has 1 heterocycles. The Morgan fingerprint density at radius 1 is 1.41 bits per heavy atom. The lowest BCUT2D eigenvalue weighted by Crippen LogP contribution is -2.38. The molecule has 1 aliphatic heterocycles. The number of aryl methyl sites for hydroxylation is 1. The zero-order valence-electron chi connectivity index (χ0n) is 13.9. The molecular weight excluding hydrogens is 272 g/mol. The fourth-order valence-electron chi connectivity index (χ4n) is 3.72. The van der Waals surface area contributed by atoms with Crippen LogP contribution in [0.2, 0.25) is 0 Å². The summed E-state index contributed by atoms with van der Waals surface area (Å²) in [6.45, 7) is 8.69. The quantitative estimate of drug-likeness (QED) is 0.876. The van der Waals surface area contributed by atoms with Crippen molar-refractivity contribution in [2.75, 3.05) is 26.2 Å². The van der Waals surface area contributed by atoms with Crippen molar-refractivity contribution in [3.8, 4) is 0 Å². The summed E-state index contributed by atoms with van der Waals surface area (Å²) < 4.78 is 0. The van der Waals surface area contributed by atoms with Gasteiger partial charge in [0.05, 0.1) is 5.41 Å². The van der Waals surface area contributed by atoms with Crippen molar-refractivity contribution in [2.24, 2.45) is 5.92 Å². The third kappa shape index (κ3) is 3.19. The molecule has 1 atom stereocenters. The molecule has 3 nitrogen and oxygen atoms in total. The lowest BCUT2D eigenvalue weighted by Gasteiger charge is -2.19. The van der Waals surface area contributed by atoms with Crippen LogP contribution in [-0.4, -0.2) is 37.0 Å². The van der Waals surface area contributed by atoms with E-state index in [4.69, 9.17) is 0 Å². The summed E-state index contributed by atoms with van der Waals surface area (Å²) in [6.07, 6.45) is 4.43. The first-order valence-corrected chi connectivity index (χ1v) is 8.72. The van der Waals surface area contributed by atoms with Crippen LogP contribution in [0.3, 0.4) is 0 Å². The predicted octanol–water partition coefficient (Wildman–Crippen LogP) is 2.87. The molecule has 1 aromatic carbocycles. The lowest BCUT2D eigenvalue weighted by atomic mass is 9.93. The Labute approximate surface area is 134 Å². The number of benzene rings is 1. The van der Waals surface area contributed by atoms with Crippen LogP contribution in [0.25, 0.3) is 0 Å². The Kier molecular flexibility index (Phi) is 4.53. The zero-order valence-corrected chi connectivity index (χ0v) is 13.9. The smallest absolute Gasteiger partial charge is 0.230 e. The average Bonchev–Trinajstić information content (AvgIpc) is 3.21. The van der Waals surface area contributed by atoms with E-state index < -0.39 is 0 Å². The van der Waals surface area contributed by atoms with Gasteiger partial charge in [-0.3, -0.25) is 4.79 Å². The largest absolute Gasteiger partial charge is 0.355 e. The van der Waals surface area contributed by atoms with Gasteiger partial charge < -0.3 is 10.2 Å². The number of hydrogen-bond acceptors (Lipinski definition) is 2. The molecule has 0 spiro atoms. The fourth-order valence-corrected chi connectivity index (χ4v) is 3.72. The van der Waals surface area contributed by atoms with E-state index in [1.807, 2.05) is 0 Å². The standard InChI is InChI=1S/C19H28N2O/c1-3-10-21-11-7-16(14-21)13-20-18(22)19(8-9-19)17-6-4-5-15(2)12-17/h4-6,12,16H,3,7-11,13-14H2,1-2H3,(H,20,22)/t16-/m0/s1. The second-order valence-corrected chi connectivity index (χ2v) is 7.12. The van der Waals surface area contributed by atoms with Gasteiger partial charge in [-0.15, -0.1) is 0 Å². The molecule has 1 aliphatic carbocycles. The maximum Gasteiger partial charge on any atom is 0.230 e. The van der Waals surface area contributed by atoms with Gasteiger partial charge in [-0.1, -0.05) is 36.8 Å². The molecule has 3 heteroatoms. The maximum absolute atomic E-state index is 12.7. The molecule has 0 aromatic heterocycles. The summed E-state index contributed by atoms with van der Waals surface area (Å²) in [5.74, 6) is 0.871. The highest BCUT2D eigenvalue weighted by molar-refractivity contribution is 5.91. The van der Waals surface area contributed by atoms with Crippen LogP contribution in [0.15, 0.2) is 24.3 Å². The second-order valence-electron chi connectivity index (χ2n) is 7.12. The monoisotopic (exact) mass is 300 g/mol. The Bertz CT molecular complexity index is 536.